The summed E-state index contributed by atoms with van der Waals surface area (Å²) in [6.07, 6.45) is -3.17. The Morgan fingerprint density at radius 3 is 2.47 bits per heavy atom. The zero-order chi connectivity index (χ0) is 24.3. The van der Waals surface area contributed by atoms with Gasteiger partial charge in [-0.05, 0) is 47.0 Å². The first kappa shape index (κ1) is 23.2. The van der Waals surface area contributed by atoms with Crippen LogP contribution in [0.5, 0.6) is 5.75 Å². The van der Waals surface area contributed by atoms with Crippen molar-refractivity contribution < 1.29 is 27.8 Å². The highest BCUT2D eigenvalue weighted by molar-refractivity contribution is 5.86. The van der Waals surface area contributed by atoms with Gasteiger partial charge in [0.2, 0.25) is 0 Å². The maximum Gasteiger partial charge on any atom is 0.418 e. The van der Waals surface area contributed by atoms with Gasteiger partial charge in [-0.1, -0.05) is 36.4 Å². The Kier molecular flexibility index (Phi) is 6.49. The number of anilines is 1. The van der Waals surface area contributed by atoms with E-state index in [9.17, 15) is 18.0 Å². The Morgan fingerprint density at radius 2 is 1.79 bits per heavy atom. The van der Waals surface area contributed by atoms with E-state index in [0.717, 1.165) is 28.1 Å². The second-order valence-corrected chi connectivity index (χ2v) is 7.95. The highest BCUT2D eigenvalue weighted by atomic mass is 19.4. The number of nitrogens with one attached hydrogen (secondary N) is 1. The first-order chi connectivity index (χ1) is 16.2. The summed E-state index contributed by atoms with van der Waals surface area (Å²) in [5.74, 6) is -0.533. The van der Waals surface area contributed by atoms with Crippen molar-refractivity contribution in [2.24, 2.45) is 0 Å². The third-order valence-corrected chi connectivity index (χ3v) is 5.58. The molecule has 4 rings (SSSR count). The maximum atomic E-state index is 13.7. The number of nitrogens with zero attached hydrogens (tertiary/aromatic N) is 1. The minimum atomic E-state index is -4.62. The van der Waals surface area contributed by atoms with Gasteiger partial charge in [0, 0.05) is 35.9 Å². The van der Waals surface area contributed by atoms with Crippen LogP contribution in [0.4, 0.5) is 18.9 Å². The van der Waals surface area contributed by atoms with Crippen LogP contribution in [0, 0.1) is 0 Å². The van der Waals surface area contributed by atoms with Crippen LogP contribution in [0.1, 0.15) is 22.3 Å². The molecule has 8 heteroatoms. The summed E-state index contributed by atoms with van der Waals surface area (Å²) in [7, 11) is 1.56. The lowest BCUT2D eigenvalue weighted by Crippen LogP contribution is -2.12. The number of carboxylic acids is 1. The third kappa shape index (κ3) is 5.17. The van der Waals surface area contributed by atoms with Crippen molar-refractivity contribution in [2.75, 3.05) is 12.4 Å². The van der Waals surface area contributed by atoms with E-state index in [2.05, 4.69) is 9.88 Å². The molecule has 0 radical (unpaired) electrons. The number of ether oxygens (including phenoxy) is 1. The van der Waals surface area contributed by atoms with E-state index in [-0.39, 0.29) is 17.8 Å². The molecule has 176 valence electrons. The van der Waals surface area contributed by atoms with Crippen LogP contribution in [0.2, 0.25) is 0 Å². The van der Waals surface area contributed by atoms with E-state index in [1.54, 1.807) is 7.11 Å². The van der Waals surface area contributed by atoms with Gasteiger partial charge in [0.25, 0.3) is 0 Å². The lowest BCUT2D eigenvalue weighted by atomic mass is 10.1. The van der Waals surface area contributed by atoms with E-state index in [0.29, 0.717) is 12.3 Å². The molecule has 0 saturated heterocycles. The molecule has 3 aromatic carbocycles. The highest BCUT2D eigenvalue weighted by Gasteiger charge is 2.34. The number of benzene rings is 3. The molecule has 1 heterocycles. The monoisotopic (exact) mass is 468 g/mol. The van der Waals surface area contributed by atoms with Gasteiger partial charge in [-0.3, -0.25) is 4.79 Å². The summed E-state index contributed by atoms with van der Waals surface area (Å²) >= 11 is 0. The fourth-order valence-electron chi connectivity index (χ4n) is 3.98. The van der Waals surface area contributed by atoms with Gasteiger partial charge in [0.1, 0.15) is 5.75 Å². The fourth-order valence-corrected chi connectivity index (χ4v) is 3.98. The molecule has 0 aliphatic rings. The lowest BCUT2D eigenvalue weighted by Gasteiger charge is -2.16. The van der Waals surface area contributed by atoms with E-state index >= 15 is 0 Å². The van der Waals surface area contributed by atoms with Crippen molar-refractivity contribution in [3.05, 3.63) is 95.2 Å². The van der Waals surface area contributed by atoms with Crippen molar-refractivity contribution in [1.82, 2.24) is 4.57 Å². The fraction of sp³-hybridized carbons (Fsp3) is 0.192. The molecule has 0 unspecified atom stereocenters. The number of carboxylic acid groups (broad SMARTS) is 1. The molecule has 4 aromatic rings. The van der Waals surface area contributed by atoms with E-state index in [4.69, 9.17) is 9.84 Å². The summed E-state index contributed by atoms with van der Waals surface area (Å²) < 4.78 is 48.5. The predicted octanol–water partition coefficient (Wildman–Crippen LogP) is 5.96. The summed E-state index contributed by atoms with van der Waals surface area (Å²) in [5, 5.41) is 12.7. The Hall–Kier alpha value is -3.94. The topological polar surface area (TPSA) is 63.5 Å². The number of hydrogen-bond acceptors (Lipinski definition) is 3. The van der Waals surface area contributed by atoms with Crippen molar-refractivity contribution >= 4 is 22.6 Å². The standard InChI is InChI=1S/C26H23F3N2O3/c1-34-20-8-10-24-21(13-20)19(16-31(24)15-17-5-3-2-4-6-17)14-30-23-9-7-18(12-25(32)33)11-22(23)26(27,28)29/h2-11,13,16,30H,12,14-15H2,1H3,(H,32,33). The van der Waals surface area contributed by atoms with Crippen molar-refractivity contribution in [2.45, 2.75) is 25.7 Å². The molecule has 5 nitrogen and oxygen atoms in total. The van der Waals surface area contributed by atoms with E-state index in [1.165, 1.54) is 12.1 Å². The average molecular weight is 468 g/mol. The second kappa shape index (κ2) is 9.51. The molecule has 0 spiro atoms. The molecule has 2 N–H and O–H groups in total. The van der Waals surface area contributed by atoms with Gasteiger partial charge in [-0.2, -0.15) is 13.2 Å². The minimum Gasteiger partial charge on any atom is -0.497 e. The normalized spacial score (nSPS) is 11.5. The maximum absolute atomic E-state index is 13.7. The van der Waals surface area contributed by atoms with Crippen molar-refractivity contribution in [3.8, 4) is 5.75 Å². The number of aromatic nitrogens is 1. The minimum absolute atomic E-state index is 0.0922. The van der Waals surface area contributed by atoms with E-state index < -0.39 is 24.1 Å². The molecule has 0 amide bonds. The number of halogens is 3. The summed E-state index contributed by atoms with van der Waals surface area (Å²) in [5.41, 5.74) is 1.95. The molecule has 0 saturated carbocycles. The Bertz CT molecular complexity index is 1310. The van der Waals surface area contributed by atoms with Gasteiger partial charge in [0.15, 0.2) is 0 Å². The first-order valence-electron chi connectivity index (χ1n) is 10.6. The second-order valence-electron chi connectivity index (χ2n) is 7.95. The number of aliphatic carboxylic acids is 1. The van der Waals surface area contributed by atoms with Gasteiger partial charge in [0.05, 0.1) is 19.1 Å². The zero-order valence-electron chi connectivity index (χ0n) is 18.4. The molecule has 0 bridgehead atoms. The van der Waals surface area contributed by atoms with Gasteiger partial charge < -0.3 is 19.7 Å². The molecule has 0 atom stereocenters. The zero-order valence-corrected chi connectivity index (χ0v) is 18.4. The molecular weight excluding hydrogens is 445 g/mol. The van der Waals surface area contributed by atoms with Gasteiger partial charge >= 0.3 is 12.1 Å². The third-order valence-electron chi connectivity index (χ3n) is 5.58. The summed E-state index contributed by atoms with van der Waals surface area (Å²) in [4.78, 5) is 10.9. The first-order valence-corrected chi connectivity index (χ1v) is 10.6. The lowest BCUT2D eigenvalue weighted by molar-refractivity contribution is -0.138. The predicted molar refractivity (Wildman–Crippen MR) is 124 cm³/mol. The van der Waals surface area contributed by atoms with Crippen LogP contribution in [0.15, 0.2) is 72.9 Å². The number of alkyl halides is 3. The SMILES string of the molecule is COc1ccc2c(c1)c(CNc1ccc(CC(=O)O)cc1C(F)(F)F)cn2Cc1ccccc1. The summed E-state index contributed by atoms with van der Waals surface area (Å²) in [6, 6.07) is 19.1. The number of fused-ring (bicyclic) bond motifs is 1. The molecule has 34 heavy (non-hydrogen) atoms. The van der Waals surface area contributed by atoms with Gasteiger partial charge in [-0.25, -0.2) is 0 Å². The van der Waals surface area contributed by atoms with Gasteiger partial charge in [-0.15, -0.1) is 0 Å². The van der Waals surface area contributed by atoms with Crippen LogP contribution < -0.4 is 10.1 Å². The Morgan fingerprint density at radius 1 is 1.03 bits per heavy atom. The largest absolute Gasteiger partial charge is 0.497 e. The molecular formula is C26H23F3N2O3. The smallest absolute Gasteiger partial charge is 0.418 e. The number of rotatable bonds is 8. The number of methoxy groups -OCH3 is 1. The number of carbonyl (C=O) groups is 1. The van der Waals surface area contributed by atoms with Crippen LogP contribution in [-0.4, -0.2) is 22.8 Å². The quantitative estimate of drug-likeness (QED) is 0.335. The van der Waals surface area contributed by atoms with Crippen LogP contribution in [0.25, 0.3) is 10.9 Å². The molecule has 0 aliphatic carbocycles. The molecule has 0 fully saturated rings. The van der Waals surface area contributed by atoms with Crippen molar-refractivity contribution in [1.29, 1.82) is 0 Å². The highest BCUT2D eigenvalue weighted by Crippen LogP contribution is 2.36. The van der Waals surface area contributed by atoms with Crippen LogP contribution in [0.3, 0.4) is 0 Å². The molecule has 1 aromatic heterocycles. The van der Waals surface area contributed by atoms with E-state index in [1.807, 2.05) is 54.7 Å². The molecule has 0 aliphatic heterocycles. The Balaban J connectivity index is 1.67. The Labute approximate surface area is 194 Å². The van der Waals surface area contributed by atoms with Crippen LogP contribution in [-0.2, 0) is 30.5 Å². The number of hydrogen-bond donors (Lipinski definition) is 2. The summed E-state index contributed by atoms with van der Waals surface area (Å²) in [6.45, 7) is 0.758. The average Bonchev–Trinajstić information content (AvgIpc) is 3.14. The van der Waals surface area contributed by atoms with Crippen LogP contribution >= 0.6 is 0 Å². The van der Waals surface area contributed by atoms with Crippen molar-refractivity contribution in [3.63, 3.8) is 0 Å².